The summed E-state index contributed by atoms with van der Waals surface area (Å²) < 4.78 is 33.4. The fourth-order valence-electron chi connectivity index (χ4n) is 2.56. The normalized spacial score (nSPS) is 11.6. The lowest BCUT2D eigenvalue weighted by molar-refractivity contribution is -0.151. The van der Waals surface area contributed by atoms with Crippen molar-refractivity contribution in [3.63, 3.8) is 0 Å². The van der Waals surface area contributed by atoms with E-state index < -0.39 is 43.0 Å². The van der Waals surface area contributed by atoms with Gasteiger partial charge in [0.15, 0.2) is 6.61 Å². The van der Waals surface area contributed by atoms with Crippen LogP contribution in [0, 0.1) is 5.92 Å². The number of benzene rings is 2. The van der Waals surface area contributed by atoms with E-state index in [2.05, 4.69) is 10.1 Å². The smallest absolute Gasteiger partial charge is 0.387 e. The van der Waals surface area contributed by atoms with Crippen LogP contribution in [0.2, 0.25) is 0 Å². The molecule has 2 rings (SSSR count). The van der Waals surface area contributed by atoms with Crippen molar-refractivity contribution in [3.05, 3.63) is 65.7 Å². The van der Waals surface area contributed by atoms with E-state index in [1.165, 1.54) is 12.1 Å². The first-order valence-electron chi connectivity index (χ1n) is 9.59. The van der Waals surface area contributed by atoms with E-state index >= 15 is 0 Å². The Bertz CT molecular complexity index is 949. The summed E-state index contributed by atoms with van der Waals surface area (Å²) >= 11 is 0. The molecule has 0 spiro atoms. The van der Waals surface area contributed by atoms with Crippen molar-refractivity contribution in [1.82, 2.24) is 10.6 Å². The van der Waals surface area contributed by atoms with Gasteiger partial charge in [0.05, 0.1) is 0 Å². The van der Waals surface area contributed by atoms with Gasteiger partial charge in [0.1, 0.15) is 11.8 Å². The molecule has 0 unspecified atom stereocenters. The molecule has 0 aliphatic rings. The largest absolute Gasteiger partial charge is 0.454 e. The summed E-state index contributed by atoms with van der Waals surface area (Å²) in [5.41, 5.74) is 0.376. The van der Waals surface area contributed by atoms with Crippen LogP contribution in [0.15, 0.2) is 54.6 Å². The van der Waals surface area contributed by atoms with Crippen molar-refractivity contribution in [3.8, 4) is 5.75 Å². The van der Waals surface area contributed by atoms with Gasteiger partial charge < -0.3 is 14.8 Å². The molecule has 0 heterocycles. The average molecular weight is 448 g/mol. The molecule has 0 radical (unpaired) electrons. The monoisotopic (exact) mass is 448 g/mol. The summed E-state index contributed by atoms with van der Waals surface area (Å²) in [5.74, 6) is -3.48. The van der Waals surface area contributed by atoms with Gasteiger partial charge >= 0.3 is 12.6 Å². The molecular formula is C22H22F2N2O6. The summed E-state index contributed by atoms with van der Waals surface area (Å²) in [6.07, 6.45) is 0. The van der Waals surface area contributed by atoms with Crippen molar-refractivity contribution in [1.29, 1.82) is 0 Å². The molecule has 2 aromatic rings. The number of hydrogen-bond acceptors (Lipinski definition) is 6. The van der Waals surface area contributed by atoms with E-state index in [4.69, 9.17) is 4.74 Å². The molecule has 1 atom stereocenters. The van der Waals surface area contributed by atoms with Crippen LogP contribution in [0.25, 0.3) is 0 Å². The highest BCUT2D eigenvalue weighted by Crippen LogP contribution is 2.15. The van der Waals surface area contributed by atoms with E-state index in [-0.39, 0.29) is 17.2 Å². The molecule has 0 saturated carbocycles. The van der Waals surface area contributed by atoms with Gasteiger partial charge in [0, 0.05) is 11.1 Å². The quantitative estimate of drug-likeness (QED) is 0.571. The first-order chi connectivity index (χ1) is 15.2. The van der Waals surface area contributed by atoms with Gasteiger partial charge in [-0.1, -0.05) is 32.0 Å². The maximum Gasteiger partial charge on any atom is 0.387 e. The fraction of sp³-hybridized carbons (Fsp3) is 0.273. The second-order valence-electron chi connectivity index (χ2n) is 6.95. The zero-order valence-electron chi connectivity index (χ0n) is 17.3. The number of hydrogen-bond donors (Lipinski definition) is 2. The van der Waals surface area contributed by atoms with Crippen LogP contribution in [0.1, 0.15) is 34.6 Å². The molecule has 0 aliphatic carbocycles. The zero-order valence-corrected chi connectivity index (χ0v) is 17.3. The summed E-state index contributed by atoms with van der Waals surface area (Å²) in [5, 5.41) is 4.58. The molecule has 10 heteroatoms. The van der Waals surface area contributed by atoms with E-state index in [0.717, 1.165) is 12.1 Å². The number of alkyl halides is 2. The lowest BCUT2D eigenvalue weighted by Crippen LogP contribution is -2.46. The maximum atomic E-state index is 12.4. The number of carbonyl (C=O) groups is 4. The predicted octanol–water partition coefficient (Wildman–Crippen LogP) is 2.54. The Morgan fingerprint density at radius 2 is 1.47 bits per heavy atom. The minimum atomic E-state index is -3.00. The van der Waals surface area contributed by atoms with E-state index in [0.29, 0.717) is 5.56 Å². The van der Waals surface area contributed by atoms with Crippen LogP contribution in [-0.4, -0.2) is 43.0 Å². The van der Waals surface area contributed by atoms with Crippen LogP contribution >= 0.6 is 0 Å². The van der Waals surface area contributed by atoms with Crippen LogP contribution in [0.5, 0.6) is 5.75 Å². The predicted molar refractivity (Wildman–Crippen MR) is 109 cm³/mol. The molecule has 0 aromatic heterocycles. The Morgan fingerprint density at radius 1 is 0.875 bits per heavy atom. The van der Waals surface area contributed by atoms with Crippen molar-refractivity contribution in [2.75, 3.05) is 6.61 Å². The summed E-state index contributed by atoms with van der Waals surface area (Å²) in [7, 11) is 0. The summed E-state index contributed by atoms with van der Waals surface area (Å²) in [4.78, 5) is 48.7. The third kappa shape index (κ3) is 7.46. The highest BCUT2D eigenvalue weighted by molar-refractivity contribution is 6.05. The molecule has 0 aliphatic heterocycles. The molecular weight excluding hydrogens is 426 g/mol. The number of carbonyl (C=O) groups excluding carboxylic acids is 4. The van der Waals surface area contributed by atoms with Gasteiger partial charge in [-0.3, -0.25) is 19.7 Å². The molecule has 0 saturated heterocycles. The molecule has 0 bridgehead atoms. The number of rotatable bonds is 9. The number of halogens is 2. The topological polar surface area (TPSA) is 111 Å². The van der Waals surface area contributed by atoms with Crippen molar-refractivity contribution < 1.29 is 37.4 Å². The Labute approximate surface area is 182 Å². The highest BCUT2D eigenvalue weighted by atomic mass is 19.3. The Hall–Kier alpha value is -3.82. The SMILES string of the molecule is CC(C)[C@H](NC(=O)c1ccccc1)C(=O)OCC(=O)NC(=O)c1ccc(OC(F)F)cc1. The lowest BCUT2D eigenvalue weighted by atomic mass is 10.0. The second-order valence-corrected chi connectivity index (χ2v) is 6.95. The molecule has 0 fully saturated rings. The standard InChI is InChI=1S/C22H22F2N2O6/c1-13(2)18(26-20(29)14-6-4-3-5-7-14)21(30)31-12-17(27)25-19(28)15-8-10-16(11-9-15)32-22(23)24/h3-11,13,18,22H,12H2,1-2H3,(H,26,29)(H,25,27,28)/t18-/m0/s1. The highest BCUT2D eigenvalue weighted by Gasteiger charge is 2.27. The zero-order chi connectivity index (χ0) is 23.7. The minimum absolute atomic E-state index is 0.0153. The number of ether oxygens (including phenoxy) is 2. The van der Waals surface area contributed by atoms with Gasteiger partial charge in [-0.2, -0.15) is 8.78 Å². The third-order valence-corrected chi connectivity index (χ3v) is 4.18. The van der Waals surface area contributed by atoms with E-state index in [9.17, 15) is 28.0 Å². The number of nitrogens with one attached hydrogen (secondary N) is 2. The van der Waals surface area contributed by atoms with Gasteiger partial charge in [-0.05, 0) is 42.3 Å². The lowest BCUT2D eigenvalue weighted by Gasteiger charge is -2.20. The Morgan fingerprint density at radius 3 is 2.03 bits per heavy atom. The molecule has 32 heavy (non-hydrogen) atoms. The van der Waals surface area contributed by atoms with Gasteiger partial charge in [-0.25, -0.2) is 4.79 Å². The molecule has 2 aromatic carbocycles. The Kier molecular flexibility index (Phi) is 8.82. The second kappa shape index (κ2) is 11.5. The average Bonchev–Trinajstić information content (AvgIpc) is 2.76. The fourth-order valence-corrected chi connectivity index (χ4v) is 2.56. The van der Waals surface area contributed by atoms with Crippen molar-refractivity contribution in [2.45, 2.75) is 26.5 Å². The van der Waals surface area contributed by atoms with E-state index in [1.807, 2.05) is 5.32 Å². The first-order valence-corrected chi connectivity index (χ1v) is 9.59. The molecule has 3 amide bonds. The van der Waals surface area contributed by atoms with Crippen molar-refractivity contribution >= 4 is 23.7 Å². The van der Waals surface area contributed by atoms with Crippen molar-refractivity contribution in [2.24, 2.45) is 5.92 Å². The Balaban J connectivity index is 1.87. The summed E-state index contributed by atoms with van der Waals surface area (Å²) in [6, 6.07) is 12.0. The molecule has 170 valence electrons. The first kappa shape index (κ1) is 24.4. The maximum absolute atomic E-state index is 12.4. The van der Waals surface area contributed by atoms with Crippen LogP contribution in [0.4, 0.5) is 8.78 Å². The van der Waals surface area contributed by atoms with Crippen LogP contribution < -0.4 is 15.4 Å². The number of amides is 3. The molecule has 2 N–H and O–H groups in total. The minimum Gasteiger partial charge on any atom is -0.454 e. The van der Waals surface area contributed by atoms with Crippen LogP contribution in [0.3, 0.4) is 0 Å². The summed E-state index contributed by atoms with van der Waals surface area (Å²) in [6.45, 7) is -0.357. The van der Waals surface area contributed by atoms with Gasteiger partial charge in [0.2, 0.25) is 0 Å². The number of esters is 1. The number of imide groups is 1. The molecule has 8 nitrogen and oxygen atoms in total. The van der Waals surface area contributed by atoms with Gasteiger partial charge in [0.25, 0.3) is 17.7 Å². The van der Waals surface area contributed by atoms with E-state index in [1.54, 1.807) is 44.2 Å². The van der Waals surface area contributed by atoms with Gasteiger partial charge in [-0.15, -0.1) is 0 Å². The van der Waals surface area contributed by atoms with Crippen LogP contribution in [-0.2, 0) is 14.3 Å². The third-order valence-electron chi connectivity index (χ3n) is 4.18.